The van der Waals surface area contributed by atoms with Crippen LogP contribution < -0.4 is 41.0 Å². The van der Waals surface area contributed by atoms with E-state index in [1.807, 2.05) is 0 Å². The molecule has 0 spiro atoms. The van der Waals surface area contributed by atoms with E-state index in [-0.39, 0.29) is 70.0 Å². The Kier molecular flexibility index (Phi) is 30.1. The van der Waals surface area contributed by atoms with Crippen LogP contribution in [0.25, 0.3) is 0 Å². The van der Waals surface area contributed by atoms with Gasteiger partial charge >= 0.3 is 53.4 Å². The Hall–Kier alpha value is -0.841. The summed E-state index contributed by atoms with van der Waals surface area (Å²) in [7, 11) is 0. The first-order valence-corrected chi connectivity index (χ1v) is 5.37. The summed E-state index contributed by atoms with van der Waals surface area (Å²) in [6.45, 7) is 0. The van der Waals surface area contributed by atoms with Gasteiger partial charge in [-0.1, -0.05) is 0 Å². The van der Waals surface area contributed by atoms with Crippen LogP contribution in [0.1, 0.15) is 27.1 Å². The second-order valence-corrected chi connectivity index (χ2v) is 4.59. The maximum Gasteiger partial charge on any atom is 1.00 e. The van der Waals surface area contributed by atoms with Crippen LogP contribution in [0.3, 0.4) is 0 Å². The molecule has 0 unspecified atom stereocenters. The second kappa shape index (κ2) is 17.6. The number of carboxylic acids is 4. The number of carbonyl (C=O) groups is 4. The number of rotatable bonds is 9. The number of nitrogens with two attached hydrogens (primary N) is 2. The van der Waals surface area contributed by atoms with E-state index in [1.165, 1.54) is 0 Å². The topological polar surface area (TPSA) is 327 Å². The number of hydrogen-bond acceptors (Lipinski definition) is 6. The van der Waals surface area contributed by atoms with Crippen molar-refractivity contribution in [1.29, 1.82) is 0 Å². The molecule has 26 heavy (non-hydrogen) atoms. The average Bonchev–Trinajstić information content (AvgIpc) is 2.10. The third-order valence-electron chi connectivity index (χ3n) is 2.86. The van der Waals surface area contributed by atoms with Gasteiger partial charge in [0.25, 0.3) is 0 Å². The molecule has 0 amide bonds. The molecule has 0 aromatic rings. The number of hydrogen-bond donors (Lipinski definition) is 6. The monoisotopic (exact) mass is 444 g/mol. The van der Waals surface area contributed by atoms with Crippen LogP contribution >= 0.6 is 0 Å². The third kappa shape index (κ3) is 14.3. The molecule has 0 aliphatic rings. The van der Waals surface area contributed by atoms with Crippen molar-refractivity contribution < 1.29 is 110 Å². The molecule has 0 saturated heterocycles. The van der Waals surface area contributed by atoms with Crippen molar-refractivity contribution in [3.05, 3.63) is 0 Å². The van der Waals surface area contributed by atoms with E-state index >= 15 is 0 Å². The van der Waals surface area contributed by atoms with Gasteiger partial charge in [-0.2, -0.15) is 0 Å². The van der Waals surface area contributed by atoms with Gasteiger partial charge in [0.1, 0.15) is 0 Å². The van der Waals surface area contributed by atoms with Crippen LogP contribution in [0.4, 0.5) is 0 Å². The fourth-order valence-corrected chi connectivity index (χ4v) is 1.91. The minimum Gasteiger partial charge on any atom is -1.00 e. The van der Waals surface area contributed by atoms with E-state index in [9.17, 15) is 19.2 Å². The van der Waals surface area contributed by atoms with Gasteiger partial charge in [-0.3, -0.25) is 19.2 Å². The second-order valence-electron chi connectivity index (χ2n) is 4.59. The first-order valence-electron chi connectivity index (χ1n) is 5.37. The van der Waals surface area contributed by atoms with Crippen molar-refractivity contribution in [3.63, 3.8) is 0 Å². The Morgan fingerprint density at radius 3 is 0.808 bits per heavy atom. The fraction of sp³-hybridized carbons (Fsp3) is 0.600. The predicted octanol–water partition coefficient (Wildman–Crippen LogP) is -7.90. The molecule has 0 aliphatic carbocycles. The summed E-state index contributed by atoms with van der Waals surface area (Å²) < 4.78 is 0. The Morgan fingerprint density at radius 1 is 0.615 bits per heavy atom. The third-order valence-corrected chi connectivity index (χ3v) is 2.86. The van der Waals surface area contributed by atoms with E-state index in [0.717, 1.165) is 0 Å². The van der Waals surface area contributed by atoms with Crippen LogP contribution in [0, 0.1) is 0 Å². The minimum atomic E-state index is -2.22. The molecular weight excluding hydrogens is 419 g/mol. The molecule has 0 aromatic heterocycles. The molecule has 0 heterocycles. The van der Waals surface area contributed by atoms with Crippen LogP contribution in [0.2, 0.25) is 0 Å². The molecule has 0 radical (unpaired) electrons. The zero-order chi connectivity index (χ0) is 16.1. The van der Waals surface area contributed by atoms with E-state index in [4.69, 9.17) is 31.9 Å². The van der Waals surface area contributed by atoms with Crippen molar-refractivity contribution in [3.8, 4) is 0 Å². The molecule has 156 valence electrons. The Labute approximate surface area is 181 Å². The summed E-state index contributed by atoms with van der Waals surface area (Å²) in [5.74, 6) is -6.06. The Balaban J connectivity index is -0.0000000860. The van der Waals surface area contributed by atoms with Crippen LogP contribution in [-0.2, 0) is 36.2 Å². The zero-order valence-electron chi connectivity index (χ0n) is 14.8. The van der Waals surface area contributed by atoms with Crippen molar-refractivity contribution >= 4 is 23.9 Å². The summed E-state index contributed by atoms with van der Waals surface area (Å²) in [5.41, 5.74) is 6.88. The minimum absolute atomic E-state index is 0. The van der Waals surface area contributed by atoms with Gasteiger partial charge in [0.2, 0.25) is 0 Å². The van der Waals surface area contributed by atoms with E-state index < -0.39 is 60.6 Å². The Morgan fingerprint density at radius 2 is 0.731 bits per heavy atom. The van der Waals surface area contributed by atoms with E-state index in [0.29, 0.717) is 0 Å². The van der Waals surface area contributed by atoms with E-state index in [2.05, 4.69) is 0 Å². The SMILES string of the molecule is NC(CC(=O)O)(CC(=O)O)C(N)(CC(=O)O)CC(=O)O.O.O.O.O.[Fe].[H-].[Na+]. The van der Waals surface area contributed by atoms with E-state index in [1.54, 1.807) is 0 Å². The van der Waals surface area contributed by atoms with Gasteiger partial charge < -0.3 is 55.2 Å². The van der Waals surface area contributed by atoms with Crippen molar-refractivity contribution in [2.45, 2.75) is 36.8 Å². The smallest absolute Gasteiger partial charge is 1.00 e. The Bertz CT molecular complexity index is 384. The van der Waals surface area contributed by atoms with Crippen molar-refractivity contribution in [2.24, 2.45) is 11.5 Å². The van der Waals surface area contributed by atoms with Gasteiger partial charge in [-0.25, -0.2) is 0 Å². The molecule has 0 aliphatic heterocycles. The summed E-state index contributed by atoms with van der Waals surface area (Å²) in [4.78, 5) is 43.2. The molecule has 0 rings (SSSR count). The predicted molar refractivity (Wildman–Crippen MR) is 78.4 cm³/mol. The summed E-state index contributed by atoms with van der Waals surface area (Å²) >= 11 is 0. The van der Waals surface area contributed by atoms with Gasteiger partial charge in [0.05, 0.1) is 36.8 Å². The van der Waals surface area contributed by atoms with Crippen molar-refractivity contribution in [2.75, 3.05) is 0 Å². The fourth-order valence-electron chi connectivity index (χ4n) is 1.91. The molecule has 0 saturated carbocycles. The maximum absolute atomic E-state index is 10.8. The molecule has 0 aromatic carbocycles. The van der Waals surface area contributed by atoms with Crippen LogP contribution in [0.15, 0.2) is 0 Å². The zero-order valence-corrected chi connectivity index (χ0v) is 16.9. The molecule has 0 fully saturated rings. The summed E-state index contributed by atoms with van der Waals surface area (Å²) in [6.07, 6.45) is -3.90. The quantitative estimate of drug-likeness (QED) is 0.182. The number of carboxylic acid groups (broad SMARTS) is 4. The number of aliphatic carboxylic acids is 4. The first kappa shape index (κ1) is 44.5. The molecule has 14 nitrogen and oxygen atoms in total. The van der Waals surface area contributed by atoms with Gasteiger partial charge in [0, 0.05) is 17.1 Å². The molecule has 0 bridgehead atoms. The molecule has 16 N–H and O–H groups in total. The standard InChI is InChI=1S/C10H16N2O8.Fe.Na.4H2O.H/c11-9(1-5(13)14,2-6(15)16)10(12,3-7(17)18)4-8(19)20;;;;;;;/h1-4,11-12H2,(H,13,14)(H,15,16)(H,17,18)(H,19,20);;;4*1H2;/q;;+1;;;;;-1. The van der Waals surface area contributed by atoms with Gasteiger partial charge in [-0.05, 0) is 0 Å². The largest absolute Gasteiger partial charge is 1.00 e. The molecule has 16 heteroatoms. The maximum atomic E-state index is 10.8. The molecule has 0 atom stereocenters. The van der Waals surface area contributed by atoms with Crippen molar-refractivity contribution in [1.82, 2.24) is 0 Å². The normalized spacial score (nSPS) is 9.15. The first-order chi connectivity index (χ1) is 8.92. The average molecular weight is 444 g/mol. The molecular formula is C10H25FeN2NaO12. The van der Waals surface area contributed by atoms with Gasteiger partial charge in [-0.15, -0.1) is 0 Å². The summed E-state index contributed by atoms with van der Waals surface area (Å²) in [6, 6.07) is 0. The van der Waals surface area contributed by atoms with Gasteiger partial charge in [0.15, 0.2) is 0 Å². The van der Waals surface area contributed by atoms with Crippen LogP contribution in [0.5, 0.6) is 0 Å². The summed E-state index contributed by atoms with van der Waals surface area (Å²) in [5, 5.41) is 35.1. The van der Waals surface area contributed by atoms with Crippen LogP contribution in [-0.4, -0.2) is 77.3 Å².